The second-order valence-electron chi connectivity index (χ2n) is 6.99. The molecule has 1 aromatic rings. The van der Waals surface area contributed by atoms with E-state index in [9.17, 15) is 14.7 Å². The molecule has 0 saturated carbocycles. The number of aliphatic hydroxyl groups is 1. The van der Waals surface area contributed by atoms with Crippen molar-refractivity contribution in [1.29, 1.82) is 0 Å². The van der Waals surface area contributed by atoms with Crippen molar-refractivity contribution >= 4 is 17.4 Å². The van der Waals surface area contributed by atoms with Gasteiger partial charge in [-0.25, -0.2) is 0 Å². The van der Waals surface area contributed by atoms with E-state index in [1.165, 1.54) is 17.7 Å². The predicted octanol–water partition coefficient (Wildman–Crippen LogP) is 1.99. The zero-order valence-corrected chi connectivity index (χ0v) is 14.3. The molecule has 5 nitrogen and oxygen atoms in total. The summed E-state index contributed by atoms with van der Waals surface area (Å²) in [6, 6.07) is 9.75. The standard InChI is InChI=1S/C19H26N2O3/c1-20-13-6-10-15(20)9-5-11-17(22)19(24)12-14-21(18(19)23)16-7-3-2-4-8-16/h2-4,7-8,15,24H,5-6,9-14H2,1H3/t15?,19-/m0/s1. The van der Waals surface area contributed by atoms with Gasteiger partial charge < -0.3 is 14.9 Å². The maximum Gasteiger partial charge on any atom is 0.266 e. The van der Waals surface area contributed by atoms with Crippen LogP contribution in [0.25, 0.3) is 0 Å². The Balaban J connectivity index is 1.57. The van der Waals surface area contributed by atoms with Crippen LogP contribution < -0.4 is 4.90 Å². The number of rotatable bonds is 6. The van der Waals surface area contributed by atoms with Gasteiger partial charge in [0.2, 0.25) is 5.60 Å². The first-order chi connectivity index (χ1) is 11.5. The van der Waals surface area contributed by atoms with Crippen LogP contribution in [-0.2, 0) is 9.59 Å². The van der Waals surface area contributed by atoms with Crippen LogP contribution in [0.1, 0.15) is 38.5 Å². The van der Waals surface area contributed by atoms with Crippen LogP contribution in [0.2, 0.25) is 0 Å². The van der Waals surface area contributed by atoms with Gasteiger partial charge in [0.05, 0.1) is 0 Å². The van der Waals surface area contributed by atoms with Gasteiger partial charge in [-0.2, -0.15) is 0 Å². The Morgan fingerprint density at radius 3 is 2.71 bits per heavy atom. The third-order valence-electron chi connectivity index (χ3n) is 5.44. The van der Waals surface area contributed by atoms with Gasteiger partial charge in [0.25, 0.3) is 5.91 Å². The lowest BCUT2D eigenvalue weighted by Gasteiger charge is -2.22. The molecule has 1 amide bonds. The van der Waals surface area contributed by atoms with Gasteiger partial charge in [-0.15, -0.1) is 0 Å². The number of benzene rings is 1. The molecule has 0 spiro atoms. The van der Waals surface area contributed by atoms with E-state index in [2.05, 4.69) is 11.9 Å². The summed E-state index contributed by atoms with van der Waals surface area (Å²) in [5, 5.41) is 10.7. The number of hydrogen-bond donors (Lipinski definition) is 1. The highest BCUT2D eigenvalue weighted by molar-refractivity contribution is 6.16. The molecule has 0 aliphatic carbocycles. The molecule has 130 valence electrons. The molecule has 2 atom stereocenters. The molecule has 1 unspecified atom stereocenters. The highest BCUT2D eigenvalue weighted by Crippen LogP contribution is 2.30. The molecule has 2 heterocycles. The van der Waals surface area contributed by atoms with E-state index in [1.807, 2.05) is 30.3 Å². The van der Waals surface area contributed by atoms with Crippen LogP contribution in [0.5, 0.6) is 0 Å². The highest BCUT2D eigenvalue weighted by atomic mass is 16.3. The van der Waals surface area contributed by atoms with Crippen molar-refractivity contribution in [2.45, 2.75) is 50.2 Å². The van der Waals surface area contributed by atoms with Gasteiger partial charge in [-0.1, -0.05) is 18.2 Å². The summed E-state index contributed by atoms with van der Waals surface area (Å²) in [6.45, 7) is 1.50. The summed E-state index contributed by atoms with van der Waals surface area (Å²) in [7, 11) is 2.12. The van der Waals surface area contributed by atoms with Crippen molar-refractivity contribution in [3.63, 3.8) is 0 Å². The molecule has 0 bridgehead atoms. The number of amides is 1. The number of carbonyl (C=O) groups is 2. The Labute approximate surface area is 143 Å². The van der Waals surface area contributed by atoms with Crippen LogP contribution >= 0.6 is 0 Å². The molecule has 3 rings (SSSR count). The number of ketones is 1. The van der Waals surface area contributed by atoms with Crippen LogP contribution in [0.15, 0.2) is 30.3 Å². The van der Waals surface area contributed by atoms with Crippen LogP contribution in [0.4, 0.5) is 5.69 Å². The Bertz CT molecular complexity index is 604. The largest absolute Gasteiger partial charge is 0.373 e. The fourth-order valence-electron chi connectivity index (χ4n) is 3.87. The first-order valence-corrected chi connectivity index (χ1v) is 8.85. The summed E-state index contributed by atoms with van der Waals surface area (Å²) in [4.78, 5) is 28.9. The molecule has 5 heteroatoms. The van der Waals surface area contributed by atoms with Gasteiger partial charge >= 0.3 is 0 Å². The quantitative estimate of drug-likeness (QED) is 0.810. The lowest BCUT2D eigenvalue weighted by atomic mass is 9.92. The van der Waals surface area contributed by atoms with Gasteiger partial charge in [0.1, 0.15) is 0 Å². The topological polar surface area (TPSA) is 60.9 Å². The molecule has 0 aromatic heterocycles. The molecule has 2 fully saturated rings. The Hall–Kier alpha value is -1.72. The van der Waals surface area contributed by atoms with Crippen molar-refractivity contribution < 1.29 is 14.7 Å². The van der Waals surface area contributed by atoms with E-state index in [-0.39, 0.29) is 18.6 Å². The average Bonchev–Trinajstić information content (AvgIpc) is 3.13. The average molecular weight is 330 g/mol. The minimum atomic E-state index is -1.84. The monoisotopic (exact) mass is 330 g/mol. The van der Waals surface area contributed by atoms with Crippen molar-refractivity contribution in [2.75, 3.05) is 25.0 Å². The smallest absolute Gasteiger partial charge is 0.266 e. The van der Waals surface area contributed by atoms with Crippen LogP contribution in [-0.4, -0.2) is 53.5 Å². The number of hydrogen-bond acceptors (Lipinski definition) is 4. The fourth-order valence-corrected chi connectivity index (χ4v) is 3.87. The number of Topliss-reactive ketones (excluding diaryl/α,β-unsaturated/α-hetero) is 1. The summed E-state index contributed by atoms with van der Waals surface area (Å²) < 4.78 is 0. The minimum absolute atomic E-state index is 0.183. The highest BCUT2D eigenvalue weighted by Gasteiger charge is 2.50. The summed E-state index contributed by atoms with van der Waals surface area (Å²) in [5.74, 6) is -0.803. The first kappa shape index (κ1) is 17.1. The predicted molar refractivity (Wildman–Crippen MR) is 92.9 cm³/mol. The zero-order valence-electron chi connectivity index (χ0n) is 14.3. The SMILES string of the molecule is CN1CCCC1CCCC(=O)[C@@]1(O)CCN(c2ccccc2)C1=O. The van der Waals surface area contributed by atoms with Gasteiger partial charge in [0, 0.05) is 31.1 Å². The molecule has 1 aromatic carbocycles. The molecule has 2 aliphatic rings. The molecular weight excluding hydrogens is 304 g/mol. The van der Waals surface area contributed by atoms with E-state index in [0.717, 1.165) is 25.1 Å². The molecular formula is C19H26N2O3. The Morgan fingerprint density at radius 1 is 1.29 bits per heavy atom. The van der Waals surface area contributed by atoms with Gasteiger partial charge in [-0.3, -0.25) is 9.59 Å². The molecule has 0 radical (unpaired) electrons. The lowest BCUT2D eigenvalue weighted by Crippen LogP contribution is -2.46. The minimum Gasteiger partial charge on any atom is -0.373 e. The van der Waals surface area contributed by atoms with Crippen molar-refractivity contribution in [3.8, 4) is 0 Å². The summed E-state index contributed by atoms with van der Waals surface area (Å²) in [5.41, 5.74) is -1.10. The summed E-state index contributed by atoms with van der Waals surface area (Å²) in [6.07, 6.45) is 4.53. The number of para-hydroxylation sites is 1. The molecule has 2 saturated heterocycles. The van der Waals surface area contributed by atoms with Gasteiger partial charge in [0.15, 0.2) is 5.78 Å². The summed E-state index contributed by atoms with van der Waals surface area (Å²) >= 11 is 0. The van der Waals surface area contributed by atoms with E-state index < -0.39 is 11.5 Å². The third-order valence-corrected chi connectivity index (χ3v) is 5.44. The number of nitrogens with zero attached hydrogens (tertiary/aromatic N) is 2. The number of carbonyl (C=O) groups excluding carboxylic acids is 2. The molecule has 24 heavy (non-hydrogen) atoms. The van der Waals surface area contributed by atoms with Gasteiger partial charge in [-0.05, 0) is 51.4 Å². The Kier molecular flexibility index (Phi) is 5.01. The fraction of sp³-hybridized carbons (Fsp3) is 0.579. The number of likely N-dealkylation sites (tertiary alicyclic amines) is 1. The van der Waals surface area contributed by atoms with E-state index >= 15 is 0 Å². The third kappa shape index (κ3) is 3.23. The van der Waals surface area contributed by atoms with E-state index in [4.69, 9.17) is 0 Å². The maximum absolute atomic E-state index is 12.6. The Morgan fingerprint density at radius 2 is 2.04 bits per heavy atom. The maximum atomic E-state index is 12.6. The second-order valence-corrected chi connectivity index (χ2v) is 6.99. The molecule has 1 N–H and O–H groups in total. The van der Waals surface area contributed by atoms with Crippen LogP contribution in [0, 0.1) is 0 Å². The van der Waals surface area contributed by atoms with E-state index in [1.54, 1.807) is 0 Å². The van der Waals surface area contributed by atoms with Crippen molar-refractivity contribution in [3.05, 3.63) is 30.3 Å². The van der Waals surface area contributed by atoms with Crippen molar-refractivity contribution in [2.24, 2.45) is 0 Å². The first-order valence-electron chi connectivity index (χ1n) is 8.85. The molecule has 2 aliphatic heterocycles. The van der Waals surface area contributed by atoms with Crippen LogP contribution in [0.3, 0.4) is 0 Å². The lowest BCUT2D eigenvalue weighted by molar-refractivity contribution is -0.147. The zero-order chi connectivity index (χ0) is 17.2. The number of anilines is 1. The van der Waals surface area contributed by atoms with Crippen molar-refractivity contribution in [1.82, 2.24) is 4.90 Å². The second kappa shape index (κ2) is 7.03. The van der Waals surface area contributed by atoms with E-state index in [0.29, 0.717) is 12.6 Å². The normalized spacial score (nSPS) is 27.8.